The molecule has 0 N–H and O–H groups in total. The Labute approximate surface area is 227 Å². The summed E-state index contributed by atoms with van der Waals surface area (Å²) in [5.41, 5.74) is 7.10. The van der Waals surface area contributed by atoms with E-state index in [2.05, 4.69) is 79.7 Å². The van der Waals surface area contributed by atoms with E-state index in [1.807, 2.05) is 0 Å². The van der Waals surface area contributed by atoms with E-state index in [4.69, 9.17) is 29.2 Å². The van der Waals surface area contributed by atoms with Crippen molar-refractivity contribution in [3.63, 3.8) is 0 Å². The molecule has 0 saturated heterocycles. The van der Waals surface area contributed by atoms with Crippen molar-refractivity contribution in [1.29, 1.82) is 0 Å². The zero-order valence-corrected chi connectivity index (χ0v) is 21.8. The average Bonchev–Trinajstić information content (AvgIpc) is 3.76. The van der Waals surface area contributed by atoms with Crippen LogP contribution in [0.5, 0.6) is 0 Å². The second kappa shape index (κ2) is 7.81. The van der Waals surface area contributed by atoms with E-state index in [1.165, 1.54) is 33.4 Å². The first-order valence-electron chi connectivity index (χ1n) is 14.1. The van der Waals surface area contributed by atoms with Crippen molar-refractivity contribution < 1.29 is 14.2 Å². The lowest BCUT2D eigenvalue weighted by molar-refractivity contribution is 0.162. The second-order valence-corrected chi connectivity index (χ2v) is 11.9. The van der Waals surface area contributed by atoms with Gasteiger partial charge in [-0.2, -0.15) is 0 Å². The maximum Gasteiger partial charge on any atom is 0.200 e. The number of hydrogen-bond acceptors (Lipinski definition) is 6. The van der Waals surface area contributed by atoms with E-state index in [0.717, 1.165) is 25.2 Å². The van der Waals surface area contributed by atoms with Gasteiger partial charge >= 0.3 is 0 Å². The third-order valence-electron chi connectivity index (χ3n) is 9.50. The molecule has 0 amide bonds. The van der Waals surface area contributed by atoms with E-state index in [0.29, 0.717) is 18.2 Å². The van der Waals surface area contributed by atoms with Gasteiger partial charge in [0.15, 0.2) is 5.90 Å². The van der Waals surface area contributed by atoms with Crippen LogP contribution in [-0.4, -0.2) is 36.0 Å². The van der Waals surface area contributed by atoms with Gasteiger partial charge in [0, 0.05) is 25.7 Å². The number of fused-ring (bicyclic) bond motifs is 9. The molecule has 0 fully saturated rings. The van der Waals surface area contributed by atoms with Crippen molar-refractivity contribution in [1.82, 2.24) is 0 Å². The Bertz CT molecular complexity index is 1550. The highest BCUT2D eigenvalue weighted by Crippen LogP contribution is 2.49. The highest BCUT2D eigenvalue weighted by molar-refractivity contribution is 6.09. The van der Waals surface area contributed by atoms with Crippen LogP contribution < -0.4 is 0 Å². The SMILES string of the molecule is CC(CC1=NC2c3ccccc3CC2O1)(C1=NC2c3ccccc3CC2O1)C1=NC2c3ccccc3CC2O1. The van der Waals surface area contributed by atoms with Crippen molar-refractivity contribution in [2.45, 2.75) is 69.0 Å². The fourth-order valence-corrected chi connectivity index (χ4v) is 7.53. The maximum atomic E-state index is 6.68. The Morgan fingerprint density at radius 2 is 1.00 bits per heavy atom. The van der Waals surface area contributed by atoms with Gasteiger partial charge in [0.1, 0.15) is 41.9 Å². The highest BCUT2D eigenvalue weighted by Gasteiger charge is 2.54. The molecule has 3 aliphatic carbocycles. The van der Waals surface area contributed by atoms with Gasteiger partial charge in [-0.1, -0.05) is 72.8 Å². The van der Waals surface area contributed by atoms with Gasteiger partial charge in [-0.05, 0) is 40.3 Å². The molecule has 0 bridgehead atoms. The number of nitrogens with zero attached hydrogens (tertiary/aromatic N) is 3. The summed E-state index contributed by atoms with van der Waals surface area (Å²) in [4.78, 5) is 15.5. The molecule has 9 rings (SSSR count). The second-order valence-electron chi connectivity index (χ2n) is 11.9. The Morgan fingerprint density at radius 1 is 0.590 bits per heavy atom. The summed E-state index contributed by atoms with van der Waals surface area (Å²) in [6.07, 6.45) is 3.22. The minimum atomic E-state index is -0.699. The number of rotatable bonds is 4. The zero-order chi connectivity index (χ0) is 25.7. The minimum absolute atomic E-state index is 0.00967. The number of ether oxygens (including phenoxy) is 3. The third kappa shape index (κ3) is 3.11. The lowest BCUT2D eigenvalue weighted by Gasteiger charge is -2.29. The third-order valence-corrected chi connectivity index (χ3v) is 9.50. The summed E-state index contributed by atoms with van der Waals surface area (Å²) in [6, 6.07) is 25.7. The average molecular weight is 516 g/mol. The molecule has 0 saturated carbocycles. The van der Waals surface area contributed by atoms with Crippen LogP contribution >= 0.6 is 0 Å². The highest BCUT2D eigenvalue weighted by atomic mass is 16.5. The van der Waals surface area contributed by atoms with Crippen LogP contribution in [0.2, 0.25) is 0 Å². The van der Waals surface area contributed by atoms with Gasteiger partial charge in [-0.25, -0.2) is 15.0 Å². The van der Waals surface area contributed by atoms with Crippen LogP contribution in [0.3, 0.4) is 0 Å². The molecule has 39 heavy (non-hydrogen) atoms. The lowest BCUT2D eigenvalue weighted by Crippen LogP contribution is -2.41. The molecular formula is C33H29N3O3. The van der Waals surface area contributed by atoms with Crippen LogP contribution in [0.4, 0.5) is 0 Å². The quantitative estimate of drug-likeness (QED) is 0.450. The van der Waals surface area contributed by atoms with E-state index < -0.39 is 5.41 Å². The van der Waals surface area contributed by atoms with Crippen molar-refractivity contribution in [3.05, 3.63) is 106 Å². The van der Waals surface area contributed by atoms with E-state index in [9.17, 15) is 0 Å². The van der Waals surface area contributed by atoms with Crippen molar-refractivity contribution in [3.8, 4) is 0 Å². The van der Waals surface area contributed by atoms with Gasteiger partial charge in [-0.15, -0.1) is 0 Å². The molecule has 6 aliphatic rings. The van der Waals surface area contributed by atoms with Gasteiger partial charge in [0.05, 0.1) is 0 Å². The Balaban J connectivity index is 1.10. The summed E-state index contributed by atoms with van der Waals surface area (Å²) in [5, 5.41) is 0. The number of benzene rings is 3. The lowest BCUT2D eigenvalue weighted by atomic mass is 9.85. The smallest absolute Gasteiger partial charge is 0.200 e. The normalized spacial score (nSPS) is 31.8. The zero-order valence-electron chi connectivity index (χ0n) is 21.8. The minimum Gasteiger partial charge on any atom is -0.475 e. The largest absolute Gasteiger partial charge is 0.475 e. The summed E-state index contributed by atoms with van der Waals surface area (Å²) >= 11 is 0. The molecule has 6 atom stereocenters. The predicted octanol–water partition coefficient (Wildman–Crippen LogP) is 5.67. The fourth-order valence-electron chi connectivity index (χ4n) is 7.53. The van der Waals surface area contributed by atoms with Gasteiger partial charge in [-0.3, -0.25) is 0 Å². The van der Waals surface area contributed by atoms with Gasteiger partial charge in [0.2, 0.25) is 11.8 Å². The Kier molecular flexibility index (Phi) is 4.39. The molecule has 3 aromatic rings. The van der Waals surface area contributed by atoms with E-state index >= 15 is 0 Å². The molecular weight excluding hydrogens is 486 g/mol. The summed E-state index contributed by atoms with van der Waals surface area (Å²) in [6.45, 7) is 2.15. The van der Waals surface area contributed by atoms with Crippen LogP contribution in [-0.2, 0) is 33.5 Å². The topological polar surface area (TPSA) is 64.8 Å². The number of hydrogen-bond donors (Lipinski definition) is 0. The van der Waals surface area contributed by atoms with Crippen LogP contribution in [0.25, 0.3) is 0 Å². The van der Waals surface area contributed by atoms with Crippen molar-refractivity contribution in [2.24, 2.45) is 20.4 Å². The first-order valence-corrected chi connectivity index (χ1v) is 14.1. The van der Waals surface area contributed by atoms with Gasteiger partial charge in [0.25, 0.3) is 0 Å². The van der Waals surface area contributed by atoms with Crippen LogP contribution in [0, 0.1) is 5.41 Å². The van der Waals surface area contributed by atoms with Crippen molar-refractivity contribution >= 4 is 17.7 Å². The summed E-state index contributed by atoms with van der Waals surface area (Å²) < 4.78 is 19.9. The predicted molar refractivity (Wildman–Crippen MR) is 148 cm³/mol. The number of aliphatic imine (C=N–C) groups is 3. The molecule has 6 unspecified atom stereocenters. The molecule has 0 spiro atoms. The standard InChI is InChI=1S/C33H29N3O3/c1-33(31-35-29-22-12-6-3-9-19(22)15-25(29)38-31,32-36-30-23-13-7-4-10-20(23)16-26(30)39-32)17-27-34-28-21-11-5-2-8-18(21)14-24(28)37-27/h2-13,24-26,28-30H,14-17H2,1H3. The summed E-state index contributed by atoms with van der Waals surface area (Å²) in [7, 11) is 0. The van der Waals surface area contributed by atoms with Crippen molar-refractivity contribution in [2.75, 3.05) is 0 Å². The van der Waals surface area contributed by atoms with Crippen LogP contribution in [0.15, 0.2) is 87.8 Å². The molecule has 0 radical (unpaired) electrons. The molecule has 3 heterocycles. The van der Waals surface area contributed by atoms with Crippen LogP contribution in [0.1, 0.15) is 64.9 Å². The molecule has 6 nitrogen and oxygen atoms in total. The van der Waals surface area contributed by atoms with E-state index in [1.54, 1.807) is 0 Å². The maximum absolute atomic E-state index is 6.68. The first kappa shape index (κ1) is 21.9. The summed E-state index contributed by atoms with van der Waals surface area (Å²) in [5.74, 6) is 2.14. The monoisotopic (exact) mass is 515 g/mol. The molecule has 6 heteroatoms. The molecule has 3 aromatic carbocycles. The molecule has 3 aliphatic heterocycles. The fraction of sp³-hybridized carbons (Fsp3) is 0.364. The Hall–Kier alpha value is -3.93. The van der Waals surface area contributed by atoms with Gasteiger partial charge < -0.3 is 14.2 Å². The molecule has 194 valence electrons. The molecule has 0 aromatic heterocycles. The first-order chi connectivity index (χ1) is 19.1. The Morgan fingerprint density at radius 3 is 1.49 bits per heavy atom. The van der Waals surface area contributed by atoms with E-state index in [-0.39, 0.29) is 36.4 Å².